The fourth-order valence-corrected chi connectivity index (χ4v) is 2.39. The number of nitrogens with one attached hydrogen (secondary N) is 1. The summed E-state index contributed by atoms with van der Waals surface area (Å²) in [6.45, 7) is 3.37. The normalized spacial score (nSPS) is 12.0. The number of hydrogen-bond acceptors (Lipinski definition) is 3. The second-order valence-electron chi connectivity index (χ2n) is 5.16. The lowest BCUT2D eigenvalue weighted by Gasteiger charge is -2.15. The van der Waals surface area contributed by atoms with Crippen molar-refractivity contribution in [2.24, 2.45) is 0 Å². The molecule has 5 nitrogen and oxygen atoms in total. The van der Waals surface area contributed by atoms with Gasteiger partial charge < -0.3 is 14.8 Å². The molecule has 0 fully saturated rings. The van der Waals surface area contributed by atoms with Crippen LogP contribution in [0.3, 0.4) is 0 Å². The van der Waals surface area contributed by atoms with Crippen molar-refractivity contribution in [3.8, 4) is 0 Å². The predicted octanol–water partition coefficient (Wildman–Crippen LogP) is 3.50. The van der Waals surface area contributed by atoms with Crippen molar-refractivity contribution in [1.29, 1.82) is 0 Å². The van der Waals surface area contributed by atoms with Crippen LogP contribution in [0.15, 0.2) is 28.9 Å². The Morgan fingerprint density at radius 3 is 2.74 bits per heavy atom. The van der Waals surface area contributed by atoms with Crippen molar-refractivity contribution >= 4 is 23.5 Å². The van der Waals surface area contributed by atoms with E-state index in [1.807, 2.05) is 0 Å². The summed E-state index contributed by atoms with van der Waals surface area (Å²) >= 11 is 5.73. The van der Waals surface area contributed by atoms with E-state index in [0.717, 1.165) is 0 Å². The highest BCUT2D eigenvalue weighted by molar-refractivity contribution is 6.30. The smallest absolute Gasteiger partial charge is 0.311 e. The average molecular weight is 340 g/mol. The number of aryl methyl sites for hydroxylation is 1. The van der Waals surface area contributed by atoms with Gasteiger partial charge in [0.15, 0.2) is 0 Å². The van der Waals surface area contributed by atoms with Crippen LogP contribution in [-0.2, 0) is 11.2 Å². The molecule has 1 unspecified atom stereocenters. The lowest BCUT2D eigenvalue weighted by atomic mass is 10.1. The van der Waals surface area contributed by atoms with Gasteiger partial charge in [-0.15, -0.1) is 0 Å². The third kappa shape index (κ3) is 3.90. The molecule has 1 heterocycles. The van der Waals surface area contributed by atoms with Crippen LogP contribution in [-0.4, -0.2) is 17.0 Å². The number of carboxylic acid groups (broad SMARTS) is 1. The summed E-state index contributed by atoms with van der Waals surface area (Å²) in [6, 6.07) is 3.74. The van der Waals surface area contributed by atoms with Gasteiger partial charge in [-0.1, -0.05) is 17.7 Å². The van der Waals surface area contributed by atoms with Gasteiger partial charge in [0.2, 0.25) is 0 Å². The van der Waals surface area contributed by atoms with Gasteiger partial charge in [0.05, 0.1) is 22.9 Å². The summed E-state index contributed by atoms with van der Waals surface area (Å²) in [5, 5.41) is 11.6. The minimum absolute atomic E-state index is 0.0327. The fourth-order valence-electron chi connectivity index (χ4n) is 2.20. The van der Waals surface area contributed by atoms with Crippen LogP contribution in [0.2, 0.25) is 5.02 Å². The second-order valence-corrected chi connectivity index (χ2v) is 5.56. The molecule has 122 valence electrons. The molecule has 0 saturated heterocycles. The second kappa shape index (κ2) is 6.83. The van der Waals surface area contributed by atoms with E-state index in [-0.39, 0.29) is 22.8 Å². The first-order chi connectivity index (χ1) is 10.8. The Morgan fingerprint density at radius 1 is 1.43 bits per heavy atom. The number of benzene rings is 1. The van der Waals surface area contributed by atoms with Gasteiger partial charge in [0.1, 0.15) is 18.0 Å². The number of halogens is 2. The van der Waals surface area contributed by atoms with Gasteiger partial charge in [-0.2, -0.15) is 0 Å². The quantitative estimate of drug-likeness (QED) is 0.873. The molecule has 23 heavy (non-hydrogen) atoms. The molecule has 2 rings (SSSR count). The van der Waals surface area contributed by atoms with Crippen molar-refractivity contribution in [2.75, 3.05) is 0 Å². The maximum absolute atomic E-state index is 13.2. The molecule has 1 aromatic carbocycles. The molecular weight excluding hydrogens is 325 g/mol. The van der Waals surface area contributed by atoms with Crippen molar-refractivity contribution < 1.29 is 23.5 Å². The molecular formula is C16H15ClFNO4. The largest absolute Gasteiger partial charge is 0.481 e. The summed E-state index contributed by atoms with van der Waals surface area (Å²) in [4.78, 5) is 23.2. The van der Waals surface area contributed by atoms with Crippen LogP contribution in [0, 0.1) is 12.7 Å². The van der Waals surface area contributed by atoms with E-state index in [4.69, 9.17) is 21.1 Å². The van der Waals surface area contributed by atoms with Gasteiger partial charge in [0, 0.05) is 5.56 Å². The Bertz CT molecular complexity index is 757. The minimum atomic E-state index is -1.09. The Kier molecular flexibility index (Phi) is 5.05. The van der Waals surface area contributed by atoms with E-state index in [1.165, 1.54) is 24.5 Å². The highest BCUT2D eigenvalue weighted by atomic mass is 35.5. The van der Waals surface area contributed by atoms with E-state index >= 15 is 0 Å². The Labute approximate surface area is 137 Å². The molecule has 0 spiro atoms. The lowest BCUT2D eigenvalue weighted by molar-refractivity contribution is -0.136. The van der Waals surface area contributed by atoms with Crippen LogP contribution in [0.25, 0.3) is 0 Å². The molecule has 7 heteroatoms. The highest BCUT2D eigenvalue weighted by Gasteiger charge is 2.22. The third-order valence-corrected chi connectivity index (χ3v) is 3.67. The minimum Gasteiger partial charge on any atom is -0.481 e. The zero-order valence-corrected chi connectivity index (χ0v) is 13.3. The topological polar surface area (TPSA) is 79.5 Å². The molecule has 1 aromatic heterocycles. The average Bonchev–Trinajstić information content (AvgIpc) is 2.81. The summed E-state index contributed by atoms with van der Waals surface area (Å²) in [5.41, 5.74) is 1.38. The number of amides is 1. The SMILES string of the molecule is Cc1coc(CC(=O)O)c1C(=O)NC(C)c1ccc(F)c(Cl)c1. The summed E-state index contributed by atoms with van der Waals surface area (Å²) in [5.74, 6) is -1.99. The number of furan rings is 1. The Morgan fingerprint density at radius 2 is 2.13 bits per heavy atom. The standard InChI is InChI=1S/C16H15ClFNO4/c1-8-7-23-13(6-14(20)21)15(8)16(22)19-9(2)10-3-4-12(18)11(17)5-10/h3-5,7,9H,6H2,1-2H3,(H,19,22)(H,20,21). The van der Waals surface area contributed by atoms with E-state index in [2.05, 4.69) is 5.32 Å². The van der Waals surface area contributed by atoms with Crippen LogP contribution >= 0.6 is 11.6 Å². The van der Waals surface area contributed by atoms with E-state index in [9.17, 15) is 14.0 Å². The number of aliphatic carboxylic acids is 1. The van der Waals surface area contributed by atoms with Crippen LogP contribution < -0.4 is 5.32 Å². The van der Waals surface area contributed by atoms with Crippen molar-refractivity contribution in [3.05, 3.63) is 57.8 Å². The summed E-state index contributed by atoms with van der Waals surface area (Å²) in [6.07, 6.45) is 0.958. The molecule has 1 amide bonds. The van der Waals surface area contributed by atoms with Crippen molar-refractivity contribution in [3.63, 3.8) is 0 Å². The lowest BCUT2D eigenvalue weighted by Crippen LogP contribution is -2.28. The Hall–Kier alpha value is -2.34. The molecule has 0 bridgehead atoms. The predicted molar refractivity (Wildman–Crippen MR) is 82.1 cm³/mol. The van der Waals surface area contributed by atoms with Crippen molar-refractivity contribution in [1.82, 2.24) is 5.32 Å². The molecule has 2 N–H and O–H groups in total. The monoisotopic (exact) mass is 339 g/mol. The first-order valence-corrected chi connectivity index (χ1v) is 7.22. The molecule has 1 atom stereocenters. The number of rotatable bonds is 5. The maximum Gasteiger partial charge on any atom is 0.311 e. The summed E-state index contributed by atoms with van der Waals surface area (Å²) in [7, 11) is 0. The number of carboxylic acids is 1. The molecule has 0 aliphatic carbocycles. The maximum atomic E-state index is 13.2. The summed E-state index contributed by atoms with van der Waals surface area (Å²) < 4.78 is 18.3. The Balaban J connectivity index is 2.20. The first-order valence-electron chi connectivity index (χ1n) is 6.84. The van der Waals surface area contributed by atoms with E-state index < -0.39 is 23.7 Å². The number of carbonyl (C=O) groups excluding carboxylic acids is 1. The van der Waals surface area contributed by atoms with Crippen LogP contribution in [0.5, 0.6) is 0 Å². The fraction of sp³-hybridized carbons (Fsp3) is 0.250. The van der Waals surface area contributed by atoms with Gasteiger partial charge in [-0.3, -0.25) is 9.59 Å². The molecule has 0 saturated carbocycles. The van der Waals surface area contributed by atoms with Gasteiger partial charge >= 0.3 is 5.97 Å². The van der Waals surface area contributed by atoms with Gasteiger partial charge in [-0.25, -0.2) is 4.39 Å². The van der Waals surface area contributed by atoms with Crippen LogP contribution in [0.4, 0.5) is 4.39 Å². The highest BCUT2D eigenvalue weighted by Crippen LogP contribution is 2.22. The molecule has 0 radical (unpaired) electrons. The van der Waals surface area contributed by atoms with E-state index in [0.29, 0.717) is 11.1 Å². The van der Waals surface area contributed by atoms with E-state index in [1.54, 1.807) is 13.8 Å². The van der Waals surface area contributed by atoms with Crippen molar-refractivity contribution in [2.45, 2.75) is 26.3 Å². The molecule has 2 aromatic rings. The molecule has 0 aliphatic rings. The number of carbonyl (C=O) groups is 2. The van der Waals surface area contributed by atoms with Gasteiger partial charge in [0.25, 0.3) is 5.91 Å². The zero-order valence-electron chi connectivity index (χ0n) is 12.5. The van der Waals surface area contributed by atoms with Crippen LogP contribution in [0.1, 0.15) is 40.2 Å². The number of hydrogen-bond donors (Lipinski definition) is 2. The molecule has 0 aliphatic heterocycles. The third-order valence-electron chi connectivity index (χ3n) is 3.38. The van der Waals surface area contributed by atoms with Gasteiger partial charge in [-0.05, 0) is 31.5 Å². The zero-order chi connectivity index (χ0) is 17.1. The first kappa shape index (κ1) is 17.0.